The Kier molecular flexibility index (Phi) is 11.1. The lowest BCUT2D eigenvalue weighted by Gasteiger charge is -1.88. The van der Waals surface area contributed by atoms with Gasteiger partial charge in [0.25, 0.3) is 0 Å². The van der Waals surface area contributed by atoms with Crippen LogP contribution in [0.1, 0.15) is 20.8 Å². The summed E-state index contributed by atoms with van der Waals surface area (Å²) in [6.07, 6.45) is 21.9. The first-order chi connectivity index (χ1) is 10.1. The van der Waals surface area contributed by atoms with Gasteiger partial charge in [0.05, 0.1) is 0 Å². The molecule has 0 aliphatic carbocycles. The van der Waals surface area contributed by atoms with Gasteiger partial charge in [-0.2, -0.15) is 0 Å². The fourth-order valence-corrected chi connectivity index (χ4v) is 1.23. The molecule has 0 amide bonds. The van der Waals surface area contributed by atoms with Gasteiger partial charge in [-0.15, -0.1) is 0 Å². The van der Waals surface area contributed by atoms with Crippen LogP contribution < -0.4 is 0 Å². The lowest BCUT2D eigenvalue weighted by Crippen LogP contribution is -1.73. The van der Waals surface area contributed by atoms with E-state index in [1.807, 2.05) is 62.5 Å². The molecule has 0 aliphatic rings. The topological polar surface area (TPSA) is 34.1 Å². The summed E-state index contributed by atoms with van der Waals surface area (Å²) < 4.78 is 0. The smallest absolute Gasteiger partial charge is 0.145 e. The van der Waals surface area contributed by atoms with Gasteiger partial charge in [0.15, 0.2) is 0 Å². The van der Waals surface area contributed by atoms with Crippen LogP contribution >= 0.6 is 0 Å². The third-order valence-corrected chi connectivity index (χ3v) is 2.39. The Bertz CT molecular complexity index is 536. The molecule has 0 heterocycles. The Hall–Kier alpha value is -2.48. The highest BCUT2D eigenvalue weighted by atomic mass is 16.1. The monoisotopic (exact) mass is 282 g/mol. The summed E-state index contributed by atoms with van der Waals surface area (Å²) in [5, 5.41) is 0. The standard InChI is InChI=1S/C19H22O2/c1-17(10-5-4-8-15-20)11-6-7-12-18(2)13-9-14-19(3)16-21/h4-16H,1-3H3/b7-6+,8-4+,10-5+,13-9+,17-11+,18-12+,19-14+. The maximum Gasteiger partial charge on any atom is 0.145 e. The number of carbonyl (C=O) groups is 2. The summed E-state index contributed by atoms with van der Waals surface area (Å²) in [5.41, 5.74) is 2.88. The van der Waals surface area contributed by atoms with E-state index in [9.17, 15) is 9.59 Å². The predicted molar refractivity (Wildman–Crippen MR) is 90.0 cm³/mol. The number of rotatable bonds is 8. The van der Waals surface area contributed by atoms with Crippen molar-refractivity contribution in [3.63, 3.8) is 0 Å². The third-order valence-electron chi connectivity index (χ3n) is 2.39. The van der Waals surface area contributed by atoms with E-state index in [2.05, 4.69) is 0 Å². The van der Waals surface area contributed by atoms with E-state index in [1.54, 1.807) is 19.1 Å². The zero-order valence-electron chi connectivity index (χ0n) is 12.8. The quantitative estimate of drug-likeness (QED) is 0.374. The van der Waals surface area contributed by atoms with Gasteiger partial charge < -0.3 is 0 Å². The number of aldehydes is 2. The molecule has 0 fully saturated rings. The summed E-state index contributed by atoms with van der Waals surface area (Å²) in [7, 11) is 0. The number of hydrogen-bond donors (Lipinski definition) is 0. The minimum Gasteiger partial charge on any atom is -0.299 e. The summed E-state index contributed by atoms with van der Waals surface area (Å²) in [6.45, 7) is 5.74. The van der Waals surface area contributed by atoms with Crippen molar-refractivity contribution in [2.24, 2.45) is 0 Å². The fraction of sp³-hybridized carbons (Fsp3) is 0.158. The molecule has 0 saturated heterocycles. The Morgan fingerprint density at radius 1 is 0.571 bits per heavy atom. The van der Waals surface area contributed by atoms with Gasteiger partial charge in [0.1, 0.15) is 12.6 Å². The van der Waals surface area contributed by atoms with Gasteiger partial charge in [0, 0.05) is 0 Å². The van der Waals surface area contributed by atoms with E-state index in [1.165, 1.54) is 6.08 Å². The minimum absolute atomic E-state index is 0.698. The molecule has 0 atom stereocenters. The highest BCUT2D eigenvalue weighted by Gasteiger charge is 1.80. The minimum atomic E-state index is 0.698. The Morgan fingerprint density at radius 3 is 1.62 bits per heavy atom. The average molecular weight is 282 g/mol. The van der Waals surface area contributed by atoms with E-state index >= 15 is 0 Å². The maximum atomic E-state index is 10.4. The van der Waals surface area contributed by atoms with Crippen LogP contribution in [0.2, 0.25) is 0 Å². The van der Waals surface area contributed by atoms with Crippen LogP contribution in [0.15, 0.2) is 83.6 Å². The van der Waals surface area contributed by atoms with Crippen molar-refractivity contribution in [3.8, 4) is 0 Å². The van der Waals surface area contributed by atoms with Gasteiger partial charge in [-0.3, -0.25) is 9.59 Å². The van der Waals surface area contributed by atoms with E-state index in [-0.39, 0.29) is 0 Å². The summed E-state index contributed by atoms with van der Waals surface area (Å²) in [6, 6.07) is 0. The van der Waals surface area contributed by atoms with Crippen LogP contribution in [0, 0.1) is 0 Å². The summed E-state index contributed by atoms with van der Waals surface area (Å²) in [5.74, 6) is 0. The first-order valence-electron chi connectivity index (χ1n) is 6.70. The van der Waals surface area contributed by atoms with E-state index in [4.69, 9.17) is 0 Å². The molecule has 0 spiro atoms. The van der Waals surface area contributed by atoms with Crippen molar-refractivity contribution in [2.45, 2.75) is 20.8 Å². The van der Waals surface area contributed by atoms with E-state index in [0.29, 0.717) is 5.57 Å². The summed E-state index contributed by atoms with van der Waals surface area (Å²) in [4.78, 5) is 20.5. The van der Waals surface area contributed by atoms with Crippen molar-refractivity contribution < 1.29 is 9.59 Å². The van der Waals surface area contributed by atoms with Gasteiger partial charge >= 0.3 is 0 Å². The van der Waals surface area contributed by atoms with E-state index < -0.39 is 0 Å². The number of hydrogen-bond acceptors (Lipinski definition) is 2. The Labute approximate surface area is 127 Å². The molecule has 0 aromatic heterocycles. The molecular formula is C19H22O2. The van der Waals surface area contributed by atoms with Crippen LogP contribution in [0.25, 0.3) is 0 Å². The van der Waals surface area contributed by atoms with Crippen molar-refractivity contribution >= 4 is 12.6 Å². The van der Waals surface area contributed by atoms with Crippen LogP contribution in [0.5, 0.6) is 0 Å². The first-order valence-corrected chi connectivity index (χ1v) is 6.70. The largest absolute Gasteiger partial charge is 0.299 e. The molecule has 0 bridgehead atoms. The first kappa shape index (κ1) is 18.5. The lowest BCUT2D eigenvalue weighted by molar-refractivity contribution is -0.105. The lowest BCUT2D eigenvalue weighted by atomic mass is 10.2. The van der Waals surface area contributed by atoms with E-state index in [0.717, 1.165) is 23.7 Å². The molecule has 0 aromatic rings. The molecule has 2 nitrogen and oxygen atoms in total. The molecule has 110 valence electrons. The van der Waals surface area contributed by atoms with Gasteiger partial charge in [-0.25, -0.2) is 0 Å². The second kappa shape index (κ2) is 12.5. The molecule has 0 N–H and O–H groups in total. The highest BCUT2D eigenvalue weighted by molar-refractivity contribution is 5.72. The van der Waals surface area contributed by atoms with Crippen LogP contribution in [0.3, 0.4) is 0 Å². The predicted octanol–water partition coefficient (Wildman–Crippen LogP) is 4.45. The molecule has 2 heteroatoms. The molecule has 0 saturated carbocycles. The number of allylic oxidation sites excluding steroid dienone is 14. The zero-order chi connectivity index (χ0) is 15.9. The maximum absolute atomic E-state index is 10.4. The Balaban J connectivity index is 4.45. The molecule has 0 radical (unpaired) electrons. The normalized spacial score (nSPS) is 14.9. The van der Waals surface area contributed by atoms with Crippen LogP contribution in [-0.4, -0.2) is 12.6 Å². The van der Waals surface area contributed by atoms with Crippen molar-refractivity contribution in [2.75, 3.05) is 0 Å². The summed E-state index contributed by atoms with van der Waals surface area (Å²) >= 11 is 0. The second-order valence-corrected chi connectivity index (χ2v) is 4.47. The average Bonchev–Trinajstić information content (AvgIpc) is 2.48. The molecule has 0 rings (SSSR count). The van der Waals surface area contributed by atoms with Crippen molar-refractivity contribution in [1.82, 2.24) is 0 Å². The fourth-order valence-electron chi connectivity index (χ4n) is 1.23. The molecule has 0 aromatic carbocycles. The molecular weight excluding hydrogens is 260 g/mol. The second-order valence-electron chi connectivity index (χ2n) is 4.47. The van der Waals surface area contributed by atoms with Gasteiger partial charge in [-0.1, -0.05) is 71.9 Å². The zero-order valence-corrected chi connectivity index (χ0v) is 12.8. The molecule has 21 heavy (non-hydrogen) atoms. The molecule has 0 unspecified atom stereocenters. The van der Waals surface area contributed by atoms with Crippen LogP contribution in [0.4, 0.5) is 0 Å². The van der Waals surface area contributed by atoms with Gasteiger partial charge in [-0.05, 0) is 32.4 Å². The molecule has 0 aliphatic heterocycles. The highest BCUT2D eigenvalue weighted by Crippen LogP contribution is 1.99. The van der Waals surface area contributed by atoms with Crippen molar-refractivity contribution in [3.05, 3.63) is 83.6 Å². The SMILES string of the molecule is C\C(C=O)=C/C=C/C(C)=C/C=C/C=C(C)/C=C/C=C/C=O. The van der Waals surface area contributed by atoms with Gasteiger partial charge in [0.2, 0.25) is 0 Å². The number of carbonyl (C=O) groups excluding carboxylic acids is 2. The third kappa shape index (κ3) is 12.3. The van der Waals surface area contributed by atoms with Crippen molar-refractivity contribution in [1.29, 1.82) is 0 Å². The Morgan fingerprint density at radius 2 is 1.10 bits per heavy atom. The van der Waals surface area contributed by atoms with Crippen LogP contribution in [-0.2, 0) is 9.59 Å².